The molecule has 0 aliphatic heterocycles. The standard InChI is InChI=1S/C25H42NO2.C7H8O3S/c1-3-4-5-6-7-8-9-10-11-12-13-14-15-16-17-18-22-28-25(27)24-20-19-21-26(2)23-24;1-6-2-4-7(5-3-6)11(8,9)10/h10-11,19-21,23H,3-9,12-18,22H2,1-2H3;2-5H,1H3,(H,8,9,10)/q+1;/p-1/b11-10-;. The van der Waals surface area contributed by atoms with E-state index in [1.54, 1.807) is 24.4 Å². The Morgan fingerprint density at radius 3 is 1.92 bits per heavy atom. The first-order chi connectivity index (χ1) is 18.7. The van der Waals surface area contributed by atoms with Crippen LogP contribution in [0.3, 0.4) is 0 Å². The minimum Gasteiger partial charge on any atom is -0.744 e. The van der Waals surface area contributed by atoms with Crippen LogP contribution < -0.4 is 4.57 Å². The molecule has 0 saturated heterocycles. The lowest BCUT2D eigenvalue weighted by Crippen LogP contribution is -2.28. The molecule has 0 N–H and O–H groups in total. The molecule has 1 aromatic carbocycles. The Hall–Kier alpha value is -2.51. The first-order valence-corrected chi connectivity index (χ1v) is 15.9. The molecule has 0 spiro atoms. The minimum absolute atomic E-state index is 0.178. The van der Waals surface area contributed by atoms with Gasteiger partial charge in [0.05, 0.1) is 11.5 Å². The molecule has 0 aliphatic rings. The van der Waals surface area contributed by atoms with Gasteiger partial charge < -0.3 is 9.29 Å². The van der Waals surface area contributed by atoms with Crippen LogP contribution in [0.15, 0.2) is 65.8 Å². The average molecular weight is 560 g/mol. The maximum Gasteiger partial charge on any atom is 0.344 e. The SMILES string of the molecule is CCCCCCCC/C=C\CCCCCCCCOC(=O)c1ccc[n+](C)c1.Cc1ccc(S(=O)(=O)[O-])cc1. The van der Waals surface area contributed by atoms with E-state index in [1.165, 1.54) is 89.2 Å². The number of rotatable bonds is 18. The number of pyridine rings is 1. The number of ether oxygens (including phenoxy) is 1. The van der Waals surface area contributed by atoms with E-state index >= 15 is 0 Å². The molecule has 218 valence electrons. The first-order valence-electron chi connectivity index (χ1n) is 14.5. The van der Waals surface area contributed by atoms with Gasteiger partial charge in [0.1, 0.15) is 22.7 Å². The van der Waals surface area contributed by atoms with Crippen LogP contribution in [0.4, 0.5) is 0 Å². The Morgan fingerprint density at radius 1 is 0.846 bits per heavy atom. The lowest BCUT2D eigenvalue weighted by atomic mass is 10.1. The van der Waals surface area contributed by atoms with Crippen LogP contribution in [0, 0.1) is 6.92 Å². The van der Waals surface area contributed by atoms with Crippen molar-refractivity contribution in [2.24, 2.45) is 7.05 Å². The van der Waals surface area contributed by atoms with E-state index in [9.17, 15) is 17.8 Å². The Bertz CT molecular complexity index is 1050. The molecule has 1 heterocycles. The van der Waals surface area contributed by atoms with Gasteiger partial charge in [-0.15, -0.1) is 0 Å². The number of aromatic nitrogens is 1. The summed E-state index contributed by atoms with van der Waals surface area (Å²) in [4.78, 5) is 11.7. The maximum absolute atomic E-state index is 11.9. The van der Waals surface area contributed by atoms with Crippen LogP contribution in [0.5, 0.6) is 0 Å². The number of carbonyl (C=O) groups excluding carboxylic acids is 1. The molecule has 0 unspecified atom stereocenters. The number of hydrogen-bond donors (Lipinski definition) is 0. The molecule has 1 aromatic heterocycles. The Morgan fingerprint density at radius 2 is 1.38 bits per heavy atom. The highest BCUT2D eigenvalue weighted by atomic mass is 32.2. The molecule has 0 bridgehead atoms. The molecule has 6 nitrogen and oxygen atoms in total. The van der Waals surface area contributed by atoms with E-state index in [0.717, 1.165) is 18.4 Å². The fourth-order valence-corrected chi connectivity index (χ4v) is 4.48. The van der Waals surface area contributed by atoms with E-state index in [2.05, 4.69) is 19.1 Å². The molecule has 0 radical (unpaired) electrons. The molecule has 2 rings (SSSR count). The summed E-state index contributed by atoms with van der Waals surface area (Å²) >= 11 is 0. The summed E-state index contributed by atoms with van der Waals surface area (Å²) in [5, 5.41) is 0. The summed E-state index contributed by atoms with van der Waals surface area (Å²) in [5.74, 6) is -0.219. The van der Waals surface area contributed by atoms with Crippen molar-refractivity contribution in [1.29, 1.82) is 0 Å². The van der Waals surface area contributed by atoms with Gasteiger partial charge in [-0.2, -0.15) is 0 Å². The number of allylic oxidation sites excluding steroid dienone is 2. The molecule has 2 aromatic rings. The normalized spacial score (nSPS) is 11.3. The summed E-state index contributed by atoms with van der Waals surface area (Å²) in [6.45, 7) is 4.62. The van der Waals surface area contributed by atoms with E-state index in [1.807, 2.05) is 30.8 Å². The lowest BCUT2D eigenvalue weighted by molar-refractivity contribution is -0.671. The smallest absolute Gasteiger partial charge is 0.344 e. The van der Waals surface area contributed by atoms with Gasteiger partial charge in [-0.05, 0) is 57.2 Å². The van der Waals surface area contributed by atoms with Crippen LogP contribution in [0.25, 0.3) is 0 Å². The van der Waals surface area contributed by atoms with Gasteiger partial charge in [0.25, 0.3) is 0 Å². The molecule has 0 saturated carbocycles. The lowest BCUT2D eigenvalue weighted by Gasteiger charge is -2.05. The van der Waals surface area contributed by atoms with Crippen LogP contribution in [-0.4, -0.2) is 25.5 Å². The largest absolute Gasteiger partial charge is 0.744 e. The van der Waals surface area contributed by atoms with Crippen LogP contribution >= 0.6 is 0 Å². The van der Waals surface area contributed by atoms with Crippen molar-refractivity contribution in [3.63, 3.8) is 0 Å². The molecule has 7 heteroatoms. The molecule has 0 atom stereocenters. The predicted molar refractivity (Wildman–Crippen MR) is 156 cm³/mol. The van der Waals surface area contributed by atoms with Gasteiger partial charge >= 0.3 is 5.97 Å². The van der Waals surface area contributed by atoms with E-state index < -0.39 is 10.1 Å². The van der Waals surface area contributed by atoms with Crippen LogP contribution in [0.2, 0.25) is 0 Å². The Kier molecular flexibility index (Phi) is 18.9. The van der Waals surface area contributed by atoms with Crippen LogP contribution in [0.1, 0.15) is 113 Å². The number of esters is 1. The third kappa shape index (κ3) is 18.4. The second-order valence-electron chi connectivity index (χ2n) is 10.1. The van der Waals surface area contributed by atoms with E-state index in [-0.39, 0.29) is 10.9 Å². The molecule has 39 heavy (non-hydrogen) atoms. The van der Waals surface area contributed by atoms with Crippen molar-refractivity contribution in [3.05, 3.63) is 72.1 Å². The van der Waals surface area contributed by atoms with Crippen LogP contribution in [-0.2, 0) is 21.9 Å². The monoisotopic (exact) mass is 559 g/mol. The molecular formula is C32H49NO5S. The Labute approximate surface area is 237 Å². The number of unbranched alkanes of at least 4 members (excludes halogenated alkanes) is 12. The summed E-state index contributed by atoms with van der Waals surface area (Å²) < 4.78 is 38.4. The highest BCUT2D eigenvalue weighted by molar-refractivity contribution is 7.85. The zero-order chi connectivity index (χ0) is 28.8. The topological polar surface area (TPSA) is 87.4 Å². The third-order valence-electron chi connectivity index (χ3n) is 6.37. The summed E-state index contributed by atoms with van der Waals surface area (Å²) in [5.41, 5.74) is 1.55. The number of carbonyl (C=O) groups is 1. The highest BCUT2D eigenvalue weighted by Crippen LogP contribution is 2.11. The van der Waals surface area contributed by atoms with Gasteiger partial charge in [0.15, 0.2) is 12.4 Å². The van der Waals surface area contributed by atoms with Crippen molar-refractivity contribution in [2.45, 2.75) is 109 Å². The quantitative estimate of drug-likeness (QED) is 0.0617. The minimum atomic E-state index is -4.27. The first kappa shape index (κ1) is 34.5. The summed E-state index contributed by atoms with van der Waals surface area (Å²) in [6, 6.07) is 9.44. The van der Waals surface area contributed by atoms with Gasteiger partial charge in [0, 0.05) is 6.07 Å². The second-order valence-corrected chi connectivity index (χ2v) is 11.5. The molecule has 0 fully saturated rings. The predicted octanol–water partition coefficient (Wildman–Crippen LogP) is 7.60. The fraction of sp³-hybridized carbons (Fsp3) is 0.562. The van der Waals surface area contributed by atoms with Gasteiger partial charge in [0.2, 0.25) is 0 Å². The molecule has 0 amide bonds. The number of hydrogen-bond acceptors (Lipinski definition) is 5. The van der Waals surface area contributed by atoms with Crippen molar-refractivity contribution >= 4 is 16.1 Å². The van der Waals surface area contributed by atoms with Crippen molar-refractivity contribution < 1.29 is 27.1 Å². The van der Waals surface area contributed by atoms with Gasteiger partial charge in [-0.1, -0.05) is 94.6 Å². The fourth-order valence-electron chi connectivity index (χ4n) is 4.01. The number of nitrogens with zero attached hydrogens (tertiary/aromatic N) is 1. The Balaban J connectivity index is 0.000000573. The third-order valence-corrected chi connectivity index (χ3v) is 7.22. The maximum atomic E-state index is 11.9. The van der Waals surface area contributed by atoms with Crippen molar-refractivity contribution in [1.82, 2.24) is 0 Å². The van der Waals surface area contributed by atoms with Crippen molar-refractivity contribution in [2.75, 3.05) is 6.61 Å². The zero-order valence-corrected chi connectivity index (χ0v) is 25.1. The van der Waals surface area contributed by atoms with E-state index in [0.29, 0.717) is 12.2 Å². The van der Waals surface area contributed by atoms with Crippen molar-refractivity contribution in [3.8, 4) is 0 Å². The second kappa shape index (κ2) is 21.3. The molecular weight excluding hydrogens is 510 g/mol. The zero-order valence-electron chi connectivity index (χ0n) is 24.3. The number of aryl methyl sites for hydroxylation is 2. The van der Waals surface area contributed by atoms with Gasteiger partial charge in [-0.25, -0.2) is 17.8 Å². The molecule has 0 aliphatic carbocycles. The van der Waals surface area contributed by atoms with Gasteiger partial charge in [-0.3, -0.25) is 0 Å². The number of benzene rings is 1. The highest BCUT2D eigenvalue weighted by Gasteiger charge is 2.09. The summed E-state index contributed by atoms with van der Waals surface area (Å²) in [6.07, 6.45) is 26.5. The summed E-state index contributed by atoms with van der Waals surface area (Å²) in [7, 11) is -2.36. The average Bonchev–Trinajstić information content (AvgIpc) is 2.90. The van der Waals surface area contributed by atoms with E-state index in [4.69, 9.17) is 4.74 Å².